The van der Waals surface area contributed by atoms with E-state index < -0.39 is 23.4 Å². The third-order valence-electron chi connectivity index (χ3n) is 6.92. The van der Waals surface area contributed by atoms with Gasteiger partial charge < -0.3 is 20.3 Å². The summed E-state index contributed by atoms with van der Waals surface area (Å²) in [5, 5.41) is 17.7. The van der Waals surface area contributed by atoms with Gasteiger partial charge in [-0.3, -0.25) is 9.69 Å². The summed E-state index contributed by atoms with van der Waals surface area (Å²) >= 11 is 6.21. The van der Waals surface area contributed by atoms with Crippen molar-refractivity contribution in [2.24, 2.45) is 0 Å². The van der Waals surface area contributed by atoms with Crippen molar-refractivity contribution in [1.29, 1.82) is 0 Å². The molecule has 1 atom stereocenters. The van der Waals surface area contributed by atoms with Gasteiger partial charge in [-0.2, -0.15) is 28.5 Å². The summed E-state index contributed by atoms with van der Waals surface area (Å²) in [4.78, 5) is 17.0. The van der Waals surface area contributed by atoms with Crippen LogP contribution in [0.1, 0.15) is 16.1 Å². The molecule has 1 aliphatic rings. The zero-order valence-corrected chi connectivity index (χ0v) is 23.5. The average molecular weight is 601 g/mol. The summed E-state index contributed by atoms with van der Waals surface area (Å²) in [6.45, 7) is 1.65. The molecule has 1 amide bonds. The van der Waals surface area contributed by atoms with Crippen LogP contribution in [-0.4, -0.2) is 77.1 Å². The number of likely N-dealkylation sites (N-methyl/N-ethyl adjacent to an activating group) is 2. The maximum atomic E-state index is 14.9. The van der Waals surface area contributed by atoms with Gasteiger partial charge in [0.25, 0.3) is 5.91 Å². The Hall–Kier alpha value is -4.20. The van der Waals surface area contributed by atoms with Crippen LogP contribution in [-0.2, 0) is 6.18 Å². The lowest BCUT2D eigenvalue weighted by Gasteiger charge is -2.42. The monoisotopic (exact) mass is 600 g/mol. The summed E-state index contributed by atoms with van der Waals surface area (Å²) in [5.74, 6) is -1.03. The van der Waals surface area contributed by atoms with Crippen LogP contribution >= 0.6 is 11.6 Å². The number of carbonyl (C=O) groups excluding carboxylic acids is 1. The Bertz CT molecular complexity index is 1550. The molecule has 42 heavy (non-hydrogen) atoms. The Morgan fingerprint density at radius 1 is 1.10 bits per heavy atom. The minimum absolute atomic E-state index is 0.00847. The fourth-order valence-corrected chi connectivity index (χ4v) is 4.98. The number of aromatic nitrogens is 4. The molecule has 14 heteroatoms. The molecule has 3 heterocycles. The summed E-state index contributed by atoms with van der Waals surface area (Å²) in [7, 11) is 3.72. The number of nitrogens with zero attached hydrogens (tertiary/aromatic N) is 6. The maximum Gasteiger partial charge on any atom is 0.422 e. The Balaban J connectivity index is 1.57. The smallest absolute Gasteiger partial charge is 0.422 e. The van der Waals surface area contributed by atoms with E-state index in [1.807, 2.05) is 7.05 Å². The first-order valence-electron chi connectivity index (χ1n) is 13.1. The molecule has 0 saturated carbocycles. The number of piperazine rings is 1. The molecule has 2 aromatic heterocycles. The number of hydrogen-bond acceptors (Lipinski definition) is 8. The fourth-order valence-electron chi connectivity index (χ4n) is 4.81. The van der Waals surface area contributed by atoms with Gasteiger partial charge in [0.1, 0.15) is 17.1 Å². The first-order chi connectivity index (χ1) is 20.2. The van der Waals surface area contributed by atoms with E-state index in [1.165, 1.54) is 47.4 Å². The summed E-state index contributed by atoms with van der Waals surface area (Å²) in [6.07, 6.45) is -0.331. The number of ether oxygens (including phenoxy) is 1. The Morgan fingerprint density at radius 3 is 2.62 bits per heavy atom. The molecule has 1 fully saturated rings. The second kappa shape index (κ2) is 12.3. The molecular formula is C28H28ClF3N8O2. The topological polar surface area (TPSA) is 100 Å². The van der Waals surface area contributed by atoms with E-state index >= 15 is 0 Å². The number of para-hydroxylation sites is 1. The number of rotatable bonds is 8. The van der Waals surface area contributed by atoms with Crippen molar-refractivity contribution in [2.45, 2.75) is 12.2 Å². The van der Waals surface area contributed by atoms with Gasteiger partial charge in [-0.1, -0.05) is 23.7 Å². The highest BCUT2D eigenvalue weighted by Gasteiger charge is 2.42. The van der Waals surface area contributed by atoms with Gasteiger partial charge in [-0.25, -0.2) is 4.68 Å². The number of hydrogen-bond donors (Lipinski definition) is 2. The molecule has 1 saturated heterocycles. The number of carbonyl (C=O) groups is 1. The largest absolute Gasteiger partial charge is 0.455 e. The minimum Gasteiger partial charge on any atom is -0.455 e. The first kappa shape index (κ1) is 29.3. The normalized spacial score (nSPS) is 16.0. The number of benzene rings is 2. The molecule has 1 aliphatic heterocycles. The van der Waals surface area contributed by atoms with Crippen LogP contribution in [0.2, 0.25) is 5.02 Å². The van der Waals surface area contributed by atoms with Crippen LogP contribution in [0.4, 0.5) is 24.5 Å². The molecule has 2 aromatic carbocycles. The van der Waals surface area contributed by atoms with E-state index in [2.05, 4.69) is 30.8 Å². The van der Waals surface area contributed by atoms with Crippen molar-refractivity contribution >= 4 is 28.9 Å². The number of anilines is 2. The van der Waals surface area contributed by atoms with Gasteiger partial charge in [0.2, 0.25) is 0 Å². The highest BCUT2D eigenvalue weighted by Crippen LogP contribution is 2.48. The summed E-state index contributed by atoms with van der Waals surface area (Å²) in [6, 6.07) is 11.9. The van der Waals surface area contributed by atoms with Crippen molar-refractivity contribution in [3.63, 3.8) is 0 Å². The molecule has 220 valence electrons. The van der Waals surface area contributed by atoms with Crippen LogP contribution in [0, 0.1) is 0 Å². The highest BCUT2D eigenvalue weighted by molar-refractivity contribution is 6.32. The Morgan fingerprint density at radius 2 is 1.90 bits per heavy atom. The van der Waals surface area contributed by atoms with Crippen LogP contribution in [0.15, 0.2) is 67.1 Å². The molecule has 0 radical (unpaired) electrons. The minimum atomic E-state index is -4.83. The fraction of sp³-hybridized carbons (Fsp3) is 0.286. The molecular weight excluding hydrogens is 573 g/mol. The average Bonchev–Trinajstić information content (AvgIpc) is 3.47. The maximum absolute atomic E-state index is 14.9. The molecule has 0 unspecified atom stereocenters. The SMILES string of the molecule is CNC[C@@H]1CN(c2c(NC(=O)c3ccn(-c4ccnnc4)n3)ccc(Oc3ccccc3Cl)c2C(F)(F)F)CCN1C. The van der Waals surface area contributed by atoms with Gasteiger partial charge in [0, 0.05) is 38.4 Å². The van der Waals surface area contributed by atoms with E-state index in [0.717, 1.165) is 0 Å². The van der Waals surface area contributed by atoms with Gasteiger partial charge in [0.15, 0.2) is 5.69 Å². The third-order valence-corrected chi connectivity index (χ3v) is 7.23. The molecule has 5 rings (SSSR count). The lowest BCUT2D eigenvalue weighted by Crippen LogP contribution is -2.55. The molecule has 0 aliphatic carbocycles. The lowest BCUT2D eigenvalue weighted by molar-refractivity contribution is -0.138. The Labute approximate surface area is 245 Å². The number of halogens is 4. The molecule has 0 spiro atoms. The van der Waals surface area contributed by atoms with Gasteiger partial charge in [0.05, 0.1) is 34.5 Å². The predicted octanol–water partition coefficient (Wildman–Crippen LogP) is 4.72. The number of amides is 1. The van der Waals surface area contributed by atoms with E-state index in [-0.39, 0.29) is 40.4 Å². The molecule has 0 bridgehead atoms. The summed E-state index contributed by atoms with van der Waals surface area (Å²) in [5.41, 5.74) is -0.646. The van der Waals surface area contributed by atoms with E-state index in [9.17, 15) is 18.0 Å². The summed E-state index contributed by atoms with van der Waals surface area (Å²) < 4.78 is 51.9. The van der Waals surface area contributed by atoms with Crippen molar-refractivity contribution in [3.8, 4) is 17.2 Å². The zero-order chi connectivity index (χ0) is 29.9. The molecule has 4 aromatic rings. The number of nitrogens with one attached hydrogen (secondary N) is 2. The third kappa shape index (κ3) is 6.32. The molecule has 2 N–H and O–H groups in total. The molecule has 10 nitrogen and oxygen atoms in total. The van der Waals surface area contributed by atoms with Gasteiger partial charge in [-0.15, -0.1) is 0 Å². The zero-order valence-electron chi connectivity index (χ0n) is 22.8. The van der Waals surface area contributed by atoms with Crippen LogP contribution < -0.4 is 20.3 Å². The second-order valence-electron chi connectivity index (χ2n) is 9.70. The second-order valence-corrected chi connectivity index (χ2v) is 10.1. The van der Waals surface area contributed by atoms with Gasteiger partial charge >= 0.3 is 6.18 Å². The van der Waals surface area contributed by atoms with Crippen molar-refractivity contribution in [3.05, 3.63) is 83.4 Å². The first-order valence-corrected chi connectivity index (χ1v) is 13.4. The van der Waals surface area contributed by atoms with E-state index in [0.29, 0.717) is 25.3 Å². The standard InChI is InChI=1S/C28H28ClF3N8O2/c1-33-15-19-17-39(14-13-38(19)2)26-21(36-27(41)22-10-12-40(37-22)18-9-11-34-35-16-18)7-8-24(25(26)28(30,31)32)42-23-6-4-3-5-20(23)29/h3-12,16,19,33H,13-15,17H2,1-2H3,(H,36,41)/t19-/m1/s1. The Kier molecular flexibility index (Phi) is 8.61. The lowest BCUT2D eigenvalue weighted by atomic mass is 10.0. The van der Waals surface area contributed by atoms with Crippen molar-refractivity contribution < 1.29 is 22.7 Å². The van der Waals surface area contributed by atoms with Crippen LogP contribution in [0.5, 0.6) is 11.5 Å². The van der Waals surface area contributed by atoms with Crippen molar-refractivity contribution in [1.82, 2.24) is 30.2 Å². The number of alkyl halides is 3. The highest BCUT2D eigenvalue weighted by atomic mass is 35.5. The predicted molar refractivity (Wildman–Crippen MR) is 153 cm³/mol. The van der Waals surface area contributed by atoms with Crippen LogP contribution in [0.3, 0.4) is 0 Å². The van der Waals surface area contributed by atoms with E-state index in [4.69, 9.17) is 16.3 Å². The van der Waals surface area contributed by atoms with Crippen LogP contribution in [0.25, 0.3) is 5.69 Å². The van der Waals surface area contributed by atoms with Crippen molar-refractivity contribution in [2.75, 3.05) is 50.5 Å². The quantitative estimate of drug-likeness (QED) is 0.300. The van der Waals surface area contributed by atoms with Gasteiger partial charge in [-0.05, 0) is 50.5 Å². The van der Waals surface area contributed by atoms with E-state index in [1.54, 1.807) is 36.3 Å².